The van der Waals surface area contributed by atoms with Gasteiger partial charge in [-0.1, -0.05) is 18.0 Å². The van der Waals surface area contributed by atoms with E-state index in [-0.39, 0.29) is 11.7 Å². The van der Waals surface area contributed by atoms with Crippen LogP contribution in [0.2, 0.25) is 5.02 Å². The van der Waals surface area contributed by atoms with Crippen LogP contribution in [0.3, 0.4) is 0 Å². The third-order valence-corrected chi connectivity index (χ3v) is 5.49. The third kappa shape index (κ3) is 2.32. The number of halogens is 1. The van der Waals surface area contributed by atoms with Gasteiger partial charge in [-0.2, -0.15) is 0 Å². The molecule has 0 amide bonds. The summed E-state index contributed by atoms with van der Waals surface area (Å²) < 4.78 is 11.3. The van der Waals surface area contributed by atoms with E-state index >= 15 is 0 Å². The van der Waals surface area contributed by atoms with Gasteiger partial charge in [-0.25, -0.2) is 0 Å². The first-order valence-electron chi connectivity index (χ1n) is 7.85. The van der Waals surface area contributed by atoms with E-state index in [0.29, 0.717) is 41.2 Å². The molecule has 3 unspecified atom stereocenters. The van der Waals surface area contributed by atoms with E-state index in [2.05, 4.69) is 0 Å². The van der Waals surface area contributed by atoms with Crippen molar-refractivity contribution in [3.63, 3.8) is 0 Å². The van der Waals surface area contributed by atoms with Gasteiger partial charge in [0.25, 0.3) is 0 Å². The Morgan fingerprint density at radius 2 is 1.86 bits per heavy atom. The van der Waals surface area contributed by atoms with Crippen molar-refractivity contribution in [2.75, 3.05) is 13.2 Å². The van der Waals surface area contributed by atoms with Crippen molar-refractivity contribution in [2.45, 2.75) is 32.1 Å². The summed E-state index contributed by atoms with van der Waals surface area (Å²) in [6, 6.07) is 3.53. The van der Waals surface area contributed by atoms with Crippen LogP contribution in [-0.4, -0.2) is 19.0 Å². The number of carbonyl (C=O) groups is 1. The first-order chi connectivity index (χ1) is 10.2. The second-order valence-corrected chi connectivity index (χ2v) is 6.88. The lowest BCUT2D eigenvalue weighted by molar-refractivity contribution is 0.0874. The Kier molecular flexibility index (Phi) is 3.33. The minimum Gasteiger partial charge on any atom is -0.490 e. The third-order valence-electron chi connectivity index (χ3n) is 5.18. The van der Waals surface area contributed by atoms with Gasteiger partial charge in [-0.05, 0) is 37.2 Å². The molecule has 0 N–H and O–H groups in total. The molecule has 1 aromatic carbocycles. The number of ether oxygens (including phenoxy) is 2. The zero-order chi connectivity index (χ0) is 14.4. The Morgan fingerprint density at radius 3 is 2.52 bits per heavy atom. The van der Waals surface area contributed by atoms with E-state index in [9.17, 15) is 4.79 Å². The Hall–Kier alpha value is -1.22. The fourth-order valence-electron chi connectivity index (χ4n) is 4.14. The lowest BCUT2D eigenvalue weighted by Crippen LogP contribution is -2.21. The van der Waals surface area contributed by atoms with E-state index in [1.807, 2.05) is 0 Å². The maximum absolute atomic E-state index is 12.8. The van der Waals surface area contributed by atoms with Crippen molar-refractivity contribution in [3.8, 4) is 11.5 Å². The number of carbonyl (C=O) groups excluding carboxylic acids is 1. The lowest BCUT2D eigenvalue weighted by Gasteiger charge is -2.21. The largest absolute Gasteiger partial charge is 0.490 e. The van der Waals surface area contributed by atoms with Crippen LogP contribution < -0.4 is 9.47 Å². The second-order valence-electron chi connectivity index (χ2n) is 6.47. The smallest absolute Gasteiger partial charge is 0.167 e. The zero-order valence-corrected chi connectivity index (χ0v) is 12.7. The highest BCUT2D eigenvalue weighted by molar-refractivity contribution is 6.34. The van der Waals surface area contributed by atoms with Gasteiger partial charge in [0.15, 0.2) is 17.3 Å². The first kappa shape index (κ1) is 13.4. The van der Waals surface area contributed by atoms with Gasteiger partial charge in [-0.3, -0.25) is 4.79 Å². The number of benzene rings is 1. The van der Waals surface area contributed by atoms with Crippen LogP contribution in [0.15, 0.2) is 12.1 Å². The standard InChI is InChI=1S/C17H19ClO3/c18-14-9-16-15(20-4-1-5-21-16)8-13(14)17(19)12-7-10-2-3-11(12)6-10/h8-12H,1-7H2. The van der Waals surface area contributed by atoms with Crippen LogP contribution >= 0.6 is 11.6 Å². The molecule has 4 heteroatoms. The second kappa shape index (κ2) is 5.20. The molecule has 112 valence electrons. The van der Waals surface area contributed by atoms with Crippen LogP contribution in [0.4, 0.5) is 0 Å². The average Bonchev–Trinajstić information content (AvgIpc) is 3.04. The molecular formula is C17H19ClO3. The monoisotopic (exact) mass is 306 g/mol. The van der Waals surface area contributed by atoms with E-state index in [0.717, 1.165) is 18.8 Å². The van der Waals surface area contributed by atoms with Crippen molar-refractivity contribution in [1.82, 2.24) is 0 Å². The van der Waals surface area contributed by atoms with Crippen molar-refractivity contribution >= 4 is 17.4 Å². The maximum atomic E-state index is 12.8. The molecule has 3 atom stereocenters. The minimum absolute atomic E-state index is 0.158. The molecule has 0 spiro atoms. The summed E-state index contributed by atoms with van der Waals surface area (Å²) in [6.07, 6.45) is 5.60. The predicted molar refractivity (Wildman–Crippen MR) is 80.3 cm³/mol. The molecule has 4 rings (SSSR count). The molecule has 0 saturated heterocycles. The summed E-state index contributed by atoms with van der Waals surface area (Å²) in [5, 5.41) is 0.493. The number of rotatable bonds is 2. The molecule has 0 aromatic heterocycles. The van der Waals surface area contributed by atoms with Gasteiger partial charge in [0, 0.05) is 24.0 Å². The Labute approximate surface area is 129 Å². The summed E-state index contributed by atoms with van der Waals surface area (Å²) >= 11 is 6.33. The summed E-state index contributed by atoms with van der Waals surface area (Å²) in [5.74, 6) is 2.98. The number of Topliss-reactive ketones (excluding diaryl/α,β-unsaturated/α-hetero) is 1. The number of fused-ring (bicyclic) bond motifs is 3. The van der Waals surface area contributed by atoms with Crippen molar-refractivity contribution < 1.29 is 14.3 Å². The predicted octanol–water partition coefficient (Wildman–Crippen LogP) is 4.12. The van der Waals surface area contributed by atoms with E-state index in [1.54, 1.807) is 12.1 Å². The van der Waals surface area contributed by atoms with Crippen LogP contribution in [0.25, 0.3) is 0 Å². The fourth-order valence-corrected chi connectivity index (χ4v) is 4.39. The zero-order valence-electron chi connectivity index (χ0n) is 11.9. The molecule has 1 heterocycles. The molecule has 3 aliphatic rings. The summed E-state index contributed by atoms with van der Waals surface area (Å²) in [7, 11) is 0. The average molecular weight is 307 g/mol. The molecule has 2 aliphatic carbocycles. The SMILES string of the molecule is O=C(c1cc2c(cc1Cl)OCCCO2)C1CC2CCC1C2. The Morgan fingerprint density at radius 1 is 1.10 bits per heavy atom. The van der Waals surface area contributed by atoms with Gasteiger partial charge in [0.05, 0.1) is 18.2 Å². The van der Waals surface area contributed by atoms with Crippen LogP contribution in [0.5, 0.6) is 11.5 Å². The Bertz CT molecular complexity index is 584. The normalized spacial score (nSPS) is 30.2. The van der Waals surface area contributed by atoms with E-state index in [4.69, 9.17) is 21.1 Å². The summed E-state index contributed by atoms with van der Waals surface area (Å²) in [5.41, 5.74) is 0.610. The van der Waals surface area contributed by atoms with Gasteiger partial charge < -0.3 is 9.47 Å². The molecule has 1 aromatic rings. The van der Waals surface area contributed by atoms with Gasteiger partial charge in [0.2, 0.25) is 0 Å². The fraction of sp³-hybridized carbons (Fsp3) is 0.588. The molecule has 2 bridgehead atoms. The molecule has 3 nitrogen and oxygen atoms in total. The highest BCUT2D eigenvalue weighted by Gasteiger charge is 2.43. The highest BCUT2D eigenvalue weighted by atomic mass is 35.5. The number of hydrogen-bond donors (Lipinski definition) is 0. The van der Waals surface area contributed by atoms with E-state index < -0.39 is 0 Å². The molecule has 0 radical (unpaired) electrons. The quantitative estimate of drug-likeness (QED) is 0.771. The van der Waals surface area contributed by atoms with Crippen LogP contribution in [-0.2, 0) is 0 Å². The minimum atomic E-state index is 0.158. The van der Waals surface area contributed by atoms with Crippen molar-refractivity contribution in [1.29, 1.82) is 0 Å². The van der Waals surface area contributed by atoms with Crippen molar-refractivity contribution in [3.05, 3.63) is 22.7 Å². The maximum Gasteiger partial charge on any atom is 0.167 e. The molecular weight excluding hydrogens is 288 g/mol. The van der Waals surface area contributed by atoms with Crippen LogP contribution in [0, 0.1) is 17.8 Å². The molecule has 2 saturated carbocycles. The number of hydrogen-bond acceptors (Lipinski definition) is 3. The van der Waals surface area contributed by atoms with Gasteiger partial charge in [-0.15, -0.1) is 0 Å². The topological polar surface area (TPSA) is 35.5 Å². The van der Waals surface area contributed by atoms with Crippen molar-refractivity contribution in [2.24, 2.45) is 17.8 Å². The van der Waals surface area contributed by atoms with Gasteiger partial charge >= 0.3 is 0 Å². The van der Waals surface area contributed by atoms with E-state index in [1.165, 1.54) is 19.3 Å². The van der Waals surface area contributed by atoms with Gasteiger partial charge in [0.1, 0.15) is 0 Å². The molecule has 21 heavy (non-hydrogen) atoms. The lowest BCUT2D eigenvalue weighted by atomic mass is 9.83. The summed E-state index contributed by atoms with van der Waals surface area (Å²) in [4.78, 5) is 12.8. The number of ketones is 1. The molecule has 1 aliphatic heterocycles. The Balaban J connectivity index is 1.65. The van der Waals surface area contributed by atoms with Crippen LogP contribution in [0.1, 0.15) is 42.5 Å². The summed E-state index contributed by atoms with van der Waals surface area (Å²) in [6.45, 7) is 1.25. The molecule has 2 fully saturated rings. The highest BCUT2D eigenvalue weighted by Crippen LogP contribution is 2.50. The first-order valence-corrected chi connectivity index (χ1v) is 8.23.